The van der Waals surface area contributed by atoms with Crippen molar-refractivity contribution in [3.8, 4) is 0 Å². The predicted molar refractivity (Wildman–Crippen MR) is 154 cm³/mol. The third-order valence-electron chi connectivity index (χ3n) is 8.55. The molecule has 1 heterocycles. The van der Waals surface area contributed by atoms with E-state index in [-0.39, 0.29) is 41.0 Å². The highest BCUT2D eigenvalue weighted by atomic mass is 79.9. The number of nitrogens with one attached hydrogen (secondary N) is 1. The summed E-state index contributed by atoms with van der Waals surface area (Å²) in [5.41, 5.74) is 3.09. The highest BCUT2D eigenvalue weighted by molar-refractivity contribution is 9.10. The topological polar surface area (TPSA) is 92.8 Å². The van der Waals surface area contributed by atoms with Crippen molar-refractivity contribution in [2.45, 2.75) is 25.7 Å². The zero-order valence-corrected chi connectivity index (χ0v) is 23.9. The number of ether oxygens (including phenoxy) is 1. The molecule has 2 bridgehead atoms. The number of anilines is 2. The first-order valence-corrected chi connectivity index (χ1v) is 14.4. The quantitative estimate of drug-likeness (QED) is 0.264. The van der Waals surface area contributed by atoms with Crippen LogP contribution in [0.4, 0.5) is 11.4 Å². The molecule has 2 aliphatic carbocycles. The lowest BCUT2D eigenvalue weighted by Crippen LogP contribution is -2.33. The number of carbonyl (C=O) groups excluding carboxylic acids is 4. The van der Waals surface area contributed by atoms with Crippen molar-refractivity contribution in [1.29, 1.82) is 0 Å². The van der Waals surface area contributed by atoms with Crippen LogP contribution in [0, 0.1) is 30.6 Å². The van der Waals surface area contributed by atoms with E-state index in [4.69, 9.17) is 16.3 Å². The Labute approximate surface area is 245 Å². The van der Waals surface area contributed by atoms with Crippen LogP contribution in [0.5, 0.6) is 0 Å². The van der Waals surface area contributed by atoms with E-state index in [9.17, 15) is 19.2 Å². The van der Waals surface area contributed by atoms with Gasteiger partial charge in [-0.3, -0.25) is 19.3 Å². The normalized spacial score (nSPS) is 24.8. The van der Waals surface area contributed by atoms with Crippen molar-refractivity contribution in [2.24, 2.45) is 23.7 Å². The maximum absolute atomic E-state index is 13.5. The molecule has 3 aromatic carbocycles. The third kappa shape index (κ3) is 4.53. The molecule has 3 aliphatic rings. The van der Waals surface area contributed by atoms with Crippen LogP contribution in [0.2, 0.25) is 5.02 Å². The molecule has 1 aliphatic heterocycles. The van der Waals surface area contributed by atoms with Crippen molar-refractivity contribution in [3.05, 3.63) is 92.9 Å². The minimum Gasteiger partial charge on any atom is -0.452 e. The molecule has 1 saturated heterocycles. The van der Waals surface area contributed by atoms with Crippen molar-refractivity contribution in [1.82, 2.24) is 0 Å². The second kappa shape index (κ2) is 10.5. The summed E-state index contributed by atoms with van der Waals surface area (Å²) >= 11 is 9.53. The number of fused-ring (bicyclic) bond motifs is 5. The number of carbonyl (C=O) groups is 4. The molecule has 3 aromatic rings. The van der Waals surface area contributed by atoms with Gasteiger partial charge in [-0.15, -0.1) is 0 Å². The van der Waals surface area contributed by atoms with Crippen LogP contribution in [0.15, 0.2) is 71.2 Å². The summed E-state index contributed by atoms with van der Waals surface area (Å²) in [4.78, 5) is 53.1. The monoisotopic (exact) mass is 620 g/mol. The molecule has 7 nitrogen and oxygen atoms in total. The largest absolute Gasteiger partial charge is 0.452 e. The Balaban J connectivity index is 1.09. The maximum atomic E-state index is 13.5. The van der Waals surface area contributed by atoms with Gasteiger partial charge in [-0.05, 0) is 101 Å². The Kier molecular flexibility index (Phi) is 7.00. The first-order chi connectivity index (χ1) is 19.2. The average Bonchev–Trinajstić information content (AvgIpc) is 3.64. The summed E-state index contributed by atoms with van der Waals surface area (Å²) in [7, 11) is 0. The molecular weight excluding hydrogens is 596 g/mol. The van der Waals surface area contributed by atoms with E-state index in [0.717, 1.165) is 12.8 Å². The summed E-state index contributed by atoms with van der Waals surface area (Å²) < 4.78 is 5.89. The van der Waals surface area contributed by atoms with Crippen LogP contribution < -0.4 is 10.2 Å². The lowest BCUT2D eigenvalue weighted by Gasteiger charge is -2.28. The van der Waals surface area contributed by atoms with Gasteiger partial charge in [0.05, 0.1) is 28.1 Å². The average molecular weight is 622 g/mol. The van der Waals surface area contributed by atoms with Crippen LogP contribution in [0.1, 0.15) is 40.2 Å². The van der Waals surface area contributed by atoms with Crippen molar-refractivity contribution < 1.29 is 23.9 Å². The number of hydrogen-bond acceptors (Lipinski definition) is 5. The van der Waals surface area contributed by atoms with E-state index in [2.05, 4.69) is 33.4 Å². The number of halogens is 2. The van der Waals surface area contributed by atoms with Crippen LogP contribution >= 0.6 is 27.5 Å². The van der Waals surface area contributed by atoms with E-state index in [1.807, 2.05) is 18.2 Å². The number of benzene rings is 3. The van der Waals surface area contributed by atoms with Gasteiger partial charge in [0.2, 0.25) is 11.8 Å². The molecule has 3 fully saturated rings. The zero-order valence-electron chi connectivity index (χ0n) is 21.6. The minimum absolute atomic E-state index is 0.149. The fourth-order valence-electron chi connectivity index (χ4n) is 6.73. The summed E-state index contributed by atoms with van der Waals surface area (Å²) in [6.45, 7) is 1.29. The van der Waals surface area contributed by atoms with Gasteiger partial charge in [0.15, 0.2) is 6.61 Å². The van der Waals surface area contributed by atoms with Crippen LogP contribution in [0.3, 0.4) is 0 Å². The molecule has 6 rings (SSSR count). The number of rotatable bonds is 6. The van der Waals surface area contributed by atoms with E-state index in [1.54, 1.807) is 31.2 Å². The SMILES string of the molecule is Cc1c(NC(=O)COC(=O)c2ccc(N3C(=O)[C@@H]4[C@@H]5C[C@@H]([C@H]4C3=O)[C@@H](c3ccccc3)C5)cc2)ccc(Br)c1Cl. The predicted octanol–water partition coefficient (Wildman–Crippen LogP) is 6.14. The maximum Gasteiger partial charge on any atom is 0.338 e. The third-order valence-corrected chi connectivity index (χ3v) is 9.93. The standard InChI is InChI=1S/C31H26BrClN2O5/c1-16-24(12-11-23(32)28(16)33)34-25(36)15-40-31(39)18-7-9-20(10-8-18)35-29(37)26-19-13-21(17-5-3-2-4-6-17)22(14-19)27(26)30(35)38/h2-12,19,21-22,26-27H,13-15H2,1H3,(H,34,36)/t19-,21+,22+,26+,27+/m0/s1. The molecule has 3 amide bonds. The Bertz CT molecular complexity index is 1530. The number of nitrogens with zero attached hydrogens (tertiary/aromatic N) is 1. The smallest absolute Gasteiger partial charge is 0.338 e. The second-order valence-electron chi connectivity index (χ2n) is 10.7. The van der Waals surface area contributed by atoms with Gasteiger partial charge in [-0.1, -0.05) is 41.9 Å². The summed E-state index contributed by atoms with van der Waals surface area (Å²) in [6, 6.07) is 19.8. The van der Waals surface area contributed by atoms with Gasteiger partial charge in [0.1, 0.15) is 0 Å². The van der Waals surface area contributed by atoms with Gasteiger partial charge in [0, 0.05) is 10.2 Å². The van der Waals surface area contributed by atoms with Crippen LogP contribution in [-0.2, 0) is 19.1 Å². The van der Waals surface area contributed by atoms with E-state index >= 15 is 0 Å². The Morgan fingerprint density at radius 2 is 1.68 bits per heavy atom. The van der Waals surface area contributed by atoms with Gasteiger partial charge < -0.3 is 10.1 Å². The molecule has 204 valence electrons. The fourth-order valence-corrected chi connectivity index (χ4v) is 7.33. The molecule has 0 radical (unpaired) electrons. The Morgan fingerprint density at radius 1 is 0.975 bits per heavy atom. The van der Waals surface area contributed by atoms with Crippen LogP contribution in [0.25, 0.3) is 0 Å². The second-order valence-corrected chi connectivity index (χ2v) is 11.9. The molecule has 1 N–H and O–H groups in total. The van der Waals surface area contributed by atoms with E-state index < -0.39 is 18.5 Å². The number of imide groups is 1. The first kappa shape index (κ1) is 26.7. The minimum atomic E-state index is -0.688. The summed E-state index contributed by atoms with van der Waals surface area (Å²) in [5, 5.41) is 3.17. The summed E-state index contributed by atoms with van der Waals surface area (Å²) in [6.07, 6.45) is 1.84. The van der Waals surface area contributed by atoms with Gasteiger partial charge in [-0.2, -0.15) is 0 Å². The fraction of sp³-hybridized carbons (Fsp3) is 0.290. The molecule has 5 atom stereocenters. The number of hydrogen-bond donors (Lipinski definition) is 1. The van der Waals surface area contributed by atoms with E-state index in [0.29, 0.717) is 32.4 Å². The molecule has 0 spiro atoms. The van der Waals surface area contributed by atoms with E-state index in [1.165, 1.54) is 22.6 Å². The van der Waals surface area contributed by atoms with Crippen molar-refractivity contribution in [3.63, 3.8) is 0 Å². The van der Waals surface area contributed by atoms with Crippen LogP contribution in [-0.4, -0.2) is 30.3 Å². The number of amides is 3. The molecular formula is C31H26BrClN2O5. The van der Waals surface area contributed by atoms with Gasteiger partial charge >= 0.3 is 5.97 Å². The summed E-state index contributed by atoms with van der Waals surface area (Å²) in [5.74, 6) is -1.41. The molecule has 0 aromatic heterocycles. The molecule has 2 saturated carbocycles. The Morgan fingerprint density at radius 3 is 2.40 bits per heavy atom. The lowest BCUT2D eigenvalue weighted by atomic mass is 9.73. The Hall–Kier alpha value is -3.49. The van der Waals surface area contributed by atoms with Gasteiger partial charge in [0.25, 0.3) is 5.91 Å². The van der Waals surface area contributed by atoms with Gasteiger partial charge in [-0.25, -0.2) is 4.79 Å². The lowest BCUT2D eigenvalue weighted by molar-refractivity contribution is -0.123. The molecule has 40 heavy (non-hydrogen) atoms. The van der Waals surface area contributed by atoms with Crippen molar-refractivity contribution >= 4 is 62.6 Å². The highest BCUT2D eigenvalue weighted by Crippen LogP contribution is 2.61. The molecule has 0 unspecified atom stereocenters. The van der Waals surface area contributed by atoms with Crippen molar-refractivity contribution in [2.75, 3.05) is 16.8 Å². The highest BCUT2D eigenvalue weighted by Gasteiger charge is 2.64. The zero-order chi connectivity index (χ0) is 28.1. The molecule has 9 heteroatoms. The first-order valence-electron chi connectivity index (χ1n) is 13.2. The number of esters is 1.